The van der Waals surface area contributed by atoms with Crippen LogP contribution in [0, 0.1) is 0 Å². The summed E-state index contributed by atoms with van der Waals surface area (Å²) < 4.78 is 61.0. The molecule has 0 amide bonds. The Balaban J connectivity index is 1.74. The number of nitrogens with two attached hydrogens (primary N) is 1. The standard InChI is InChI=1S/C18H14F3NO4S/c19-18(20,21)13-8-4-7-12(9-13)15-14(23)16(17(22)25-15)26-27(24)10-11-5-2-1-3-6-11/h1-9,15H,10,22H2. The highest BCUT2D eigenvalue weighted by molar-refractivity contribution is 7.79. The van der Waals surface area contributed by atoms with E-state index in [0.717, 1.165) is 23.8 Å². The lowest BCUT2D eigenvalue weighted by atomic mass is 10.0. The number of Topliss-reactive ketones (excluding diaryl/α,β-unsaturated/α-hetero) is 1. The van der Waals surface area contributed by atoms with E-state index >= 15 is 0 Å². The molecule has 9 heteroatoms. The lowest BCUT2D eigenvalue weighted by Gasteiger charge is -2.13. The van der Waals surface area contributed by atoms with Gasteiger partial charge in [0, 0.05) is 5.56 Å². The molecule has 0 aromatic heterocycles. The minimum absolute atomic E-state index is 0.0130. The Morgan fingerprint density at radius 1 is 1.11 bits per heavy atom. The molecule has 2 unspecified atom stereocenters. The Morgan fingerprint density at radius 3 is 2.48 bits per heavy atom. The number of rotatable bonds is 5. The van der Waals surface area contributed by atoms with Crippen molar-refractivity contribution in [3.8, 4) is 0 Å². The molecule has 0 bridgehead atoms. The molecule has 2 aromatic carbocycles. The van der Waals surface area contributed by atoms with Gasteiger partial charge in [-0.1, -0.05) is 42.5 Å². The molecule has 5 nitrogen and oxygen atoms in total. The minimum Gasteiger partial charge on any atom is -0.460 e. The first-order valence-electron chi connectivity index (χ1n) is 7.74. The second kappa shape index (κ2) is 7.43. The van der Waals surface area contributed by atoms with Gasteiger partial charge in [-0.15, -0.1) is 0 Å². The summed E-state index contributed by atoms with van der Waals surface area (Å²) in [5.41, 5.74) is 5.39. The first kappa shape index (κ1) is 19.0. The Kier molecular flexibility index (Phi) is 5.22. The minimum atomic E-state index is -4.56. The molecular weight excluding hydrogens is 383 g/mol. The number of halogens is 3. The number of carbonyl (C=O) groups excluding carboxylic acids is 1. The van der Waals surface area contributed by atoms with Gasteiger partial charge in [-0.05, 0) is 17.7 Å². The van der Waals surface area contributed by atoms with E-state index < -0.39 is 46.3 Å². The smallest absolute Gasteiger partial charge is 0.416 e. The van der Waals surface area contributed by atoms with Crippen LogP contribution in [0.5, 0.6) is 0 Å². The Labute approximate surface area is 155 Å². The highest BCUT2D eigenvalue weighted by Crippen LogP contribution is 2.35. The van der Waals surface area contributed by atoms with Crippen LogP contribution in [-0.4, -0.2) is 9.99 Å². The molecule has 2 aromatic rings. The molecule has 0 saturated heterocycles. The predicted octanol–water partition coefficient (Wildman–Crippen LogP) is 3.35. The van der Waals surface area contributed by atoms with Crippen LogP contribution in [0.3, 0.4) is 0 Å². The number of benzene rings is 2. The van der Waals surface area contributed by atoms with E-state index in [1.165, 1.54) is 6.07 Å². The molecule has 1 heterocycles. The quantitative estimate of drug-likeness (QED) is 0.837. The maximum Gasteiger partial charge on any atom is 0.416 e. The third kappa shape index (κ3) is 4.30. The van der Waals surface area contributed by atoms with Crippen molar-refractivity contribution in [2.75, 3.05) is 0 Å². The van der Waals surface area contributed by atoms with Crippen LogP contribution in [0.4, 0.5) is 13.2 Å². The van der Waals surface area contributed by atoms with Crippen molar-refractivity contribution < 1.29 is 31.1 Å². The zero-order chi connectivity index (χ0) is 19.6. The molecule has 2 N–H and O–H groups in total. The van der Waals surface area contributed by atoms with Gasteiger partial charge in [0.1, 0.15) is 0 Å². The highest BCUT2D eigenvalue weighted by atomic mass is 32.2. The molecule has 0 aliphatic carbocycles. The molecular formula is C18H14F3NO4S. The summed E-state index contributed by atoms with van der Waals surface area (Å²) in [6, 6.07) is 12.9. The summed E-state index contributed by atoms with van der Waals surface area (Å²) in [7, 11) is 0. The average Bonchev–Trinajstić information content (AvgIpc) is 2.90. The van der Waals surface area contributed by atoms with Crippen molar-refractivity contribution in [2.45, 2.75) is 18.0 Å². The van der Waals surface area contributed by atoms with Crippen molar-refractivity contribution in [1.82, 2.24) is 0 Å². The van der Waals surface area contributed by atoms with Crippen molar-refractivity contribution >= 4 is 16.9 Å². The predicted molar refractivity (Wildman–Crippen MR) is 90.9 cm³/mol. The van der Waals surface area contributed by atoms with Crippen LogP contribution in [0.15, 0.2) is 66.2 Å². The normalized spacial score (nSPS) is 18.3. The average molecular weight is 397 g/mol. The third-order valence-electron chi connectivity index (χ3n) is 3.75. The molecule has 0 radical (unpaired) electrons. The second-order valence-electron chi connectivity index (χ2n) is 5.70. The summed E-state index contributed by atoms with van der Waals surface area (Å²) in [5, 5.41) is 0. The number of ketones is 1. The molecule has 142 valence electrons. The SMILES string of the molecule is NC1=C(OS(=O)Cc2ccccc2)C(=O)C(c2cccc(C(F)(F)F)c2)O1. The maximum atomic E-state index is 12.9. The van der Waals surface area contributed by atoms with E-state index in [2.05, 4.69) is 0 Å². The zero-order valence-electron chi connectivity index (χ0n) is 13.7. The Hall–Kier alpha value is -2.81. The number of ether oxygens (including phenoxy) is 1. The molecule has 0 saturated carbocycles. The molecule has 2 atom stereocenters. The monoisotopic (exact) mass is 397 g/mol. The topological polar surface area (TPSA) is 78.6 Å². The van der Waals surface area contributed by atoms with E-state index in [1.54, 1.807) is 30.3 Å². The summed E-state index contributed by atoms with van der Waals surface area (Å²) in [5.74, 6) is -1.64. The van der Waals surface area contributed by atoms with Crippen LogP contribution in [-0.2, 0) is 36.7 Å². The van der Waals surface area contributed by atoms with Crippen LogP contribution in [0.2, 0.25) is 0 Å². The van der Waals surface area contributed by atoms with E-state index in [-0.39, 0.29) is 11.3 Å². The summed E-state index contributed by atoms with van der Waals surface area (Å²) in [6.45, 7) is 0. The van der Waals surface area contributed by atoms with Gasteiger partial charge in [0.2, 0.25) is 28.5 Å². The fraction of sp³-hybridized carbons (Fsp3) is 0.167. The van der Waals surface area contributed by atoms with E-state index in [9.17, 15) is 22.2 Å². The van der Waals surface area contributed by atoms with Crippen molar-refractivity contribution in [3.63, 3.8) is 0 Å². The van der Waals surface area contributed by atoms with E-state index in [0.29, 0.717) is 0 Å². The second-order valence-corrected chi connectivity index (χ2v) is 6.76. The molecule has 0 fully saturated rings. The first-order chi connectivity index (χ1) is 12.8. The van der Waals surface area contributed by atoms with Crippen LogP contribution >= 0.6 is 0 Å². The highest BCUT2D eigenvalue weighted by Gasteiger charge is 2.39. The number of hydrogen-bond donors (Lipinski definition) is 1. The number of carbonyl (C=O) groups is 1. The molecule has 3 rings (SSSR count). The van der Waals surface area contributed by atoms with Crippen molar-refractivity contribution in [1.29, 1.82) is 0 Å². The van der Waals surface area contributed by atoms with Gasteiger partial charge in [-0.25, -0.2) is 4.21 Å². The molecule has 0 spiro atoms. The van der Waals surface area contributed by atoms with Crippen molar-refractivity contribution in [3.05, 3.63) is 82.9 Å². The summed E-state index contributed by atoms with van der Waals surface area (Å²) in [4.78, 5) is 12.5. The van der Waals surface area contributed by atoms with Crippen molar-refractivity contribution in [2.24, 2.45) is 5.73 Å². The van der Waals surface area contributed by atoms with E-state index in [1.807, 2.05) is 0 Å². The van der Waals surface area contributed by atoms with Gasteiger partial charge in [0.25, 0.3) is 0 Å². The number of hydrogen-bond acceptors (Lipinski definition) is 5. The lowest BCUT2D eigenvalue weighted by Crippen LogP contribution is -2.14. The summed E-state index contributed by atoms with van der Waals surface area (Å²) in [6.07, 6.45) is -5.94. The lowest BCUT2D eigenvalue weighted by molar-refractivity contribution is -0.137. The van der Waals surface area contributed by atoms with Crippen LogP contribution < -0.4 is 5.73 Å². The van der Waals surface area contributed by atoms with Crippen LogP contribution in [0.25, 0.3) is 0 Å². The fourth-order valence-corrected chi connectivity index (χ4v) is 3.36. The molecule has 1 aliphatic heterocycles. The van der Waals surface area contributed by atoms with Gasteiger partial charge < -0.3 is 14.7 Å². The van der Waals surface area contributed by atoms with Gasteiger partial charge in [-0.2, -0.15) is 13.2 Å². The molecule has 1 aliphatic rings. The molecule has 27 heavy (non-hydrogen) atoms. The van der Waals surface area contributed by atoms with Gasteiger partial charge in [-0.3, -0.25) is 4.79 Å². The largest absolute Gasteiger partial charge is 0.460 e. The Bertz CT molecular complexity index is 912. The maximum absolute atomic E-state index is 12.9. The third-order valence-corrected chi connectivity index (χ3v) is 4.67. The fourth-order valence-electron chi connectivity index (χ4n) is 2.49. The Morgan fingerprint density at radius 2 is 1.81 bits per heavy atom. The zero-order valence-corrected chi connectivity index (χ0v) is 14.5. The first-order valence-corrected chi connectivity index (χ1v) is 8.98. The van der Waals surface area contributed by atoms with E-state index in [4.69, 9.17) is 14.7 Å². The van der Waals surface area contributed by atoms with Gasteiger partial charge >= 0.3 is 6.18 Å². The van der Waals surface area contributed by atoms with Gasteiger partial charge in [0.05, 0.1) is 11.3 Å². The van der Waals surface area contributed by atoms with Crippen LogP contribution in [0.1, 0.15) is 22.8 Å². The summed E-state index contributed by atoms with van der Waals surface area (Å²) >= 11 is -1.91. The number of alkyl halides is 3. The van der Waals surface area contributed by atoms with Gasteiger partial charge in [0.15, 0.2) is 6.10 Å².